The summed E-state index contributed by atoms with van der Waals surface area (Å²) in [5.41, 5.74) is 1.32. The molecule has 1 atom stereocenters. The van der Waals surface area contributed by atoms with Gasteiger partial charge in [0.25, 0.3) is 5.56 Å². The van der Waals surface area contributed by atoms with Crippen LogP contribution in [-0.2, 0) is 16.1 Å². The standard InChI is InChI=1S/C27H20Cl2N2O5S/c1-15-22(26(33)34-2)24(16-7-4-3-5-8-16)31-25(32)21(37-27(31)30-15)13-17-11-12-18(36-17)14-35-20-10-6-9-19(28)23(20)29/h3-13,24H,14H2,1-2H3/b21-13+/t24-/m0/s1. The Hall–Kier alpha value is -3.59. The van der Waals surface area contributed by atoms with E-state index in [1.54, 1.807) is 43.3 Å². The first-order chi connectivity index (χ1) is 17.9. The molecule has 0 N–H and O–H groups in total. The van der Waals surface area contributed by atoms with Crippen molar-refractivity contribution >= 4 is 46.6 Å². The summed E-state index contributed by atoms with van der Waals surface area (Å²) in [4.78, 5) is 31.3. The highest BCUT2D eigenvalue weighted by molar-refractivity contribution is 7.07. The fourth-order valence-electron chi connectivity index (χ4n) is 4.07. The summed E-state index contributed by atoms with van der Waals surface area (Å²) in [6.07, 6.45) is 1.65. The summed E-state index contributed by atoms with van der Waals surface area (Å²) in [6, 6.07) is 17.3. The molecule has 0 saturated heterocycles. The molecule has 37 heavy (non-hydrogen) atoms. The lowest BCUT2D eigenvalue weighted by molar-refractivity contribution is -0.136. The van der Waals surface area contributed by atoms with Crippen molar-refractivity contribution < 1.29 is 18.7 Å². The van der Waals surface area contributed by atoms with Gasteiger partial charge in [0.1, 0.15) is 28.9 Å². The molecule has 0 saturated carbocycles. The molecule has 0 unspecified atom stereocenters. The molecule has 188 valence electrons. The van der Waals surface area contributed by atoms with Crippen molar-refractivity contribution in [2.45, 2.75) is 19.6 Å². The lowest BCUT2D eigenvalue weighted by Gasteiger charge is -2.24. The SMILES string of the molecule is COC(=O)C1=C(C)N=c2s/c(=C/c3ccc(COc4cccc(Cl)c4Cl)o3)c(=O)n2[C@H]1c1ccccc1. The van der Waals surface area contributed by atoms with Gasteiger partial charge in [0.2, 0.25) is 0 Å². The number of aromatic nitrogens is 1. The molecule has 0 fully saturated rings. The van der Waals surface area contributed by atoms with E-state index in [0.717, 1.165) is 5.56 Å². The first-order valence-corrected chi connectivity index (χ1v) is 12.8. The van der Waals surface area contributed by atoms with E-state index in [1.807, 2.05) is 30.3 Å². The maximum Gasteiger partial charge on any atom is 0.338 e. The third-order valence-corrected chi connectivity index (χ3v) is 7.57. The molecule has 3 heterocycles. The Morgan fingerprint density at radius 1 is 1.14 bits per heavy atom. The molecule has 7 nitrogen and oxygen atoms in total. The molecule has 0 spiro atoms. The van der Waals surface area contributed by atoms with E-state index in [4.69, 9.17) is 37.1 Å². The number of halogens is 2. The van der Waals surface area contributed by atoms with Crippen LogP contribution in [0.25, 0.3) is 6.08 Å². The molecular formula is C27H20Cl2N2O5S. The number of esters is 1. The number of rotatable bonds is 6. The number of furan rings is 1. The summed E-state index contributed by atoms with van der Waals surface area (Å²) in [7, 11) is 1.31. The first-order valence-electron chi connectivity index (χ1n) is 11.2. The number of benzene rings is 2. The van der Waals surface area contributed by atoms with E-state index < -0.39 is 12.0 Å². The highest BCUT2D eigenvalue weighted by Crippen LogP contribution is 2.32. The number of thiazole rings is 1. The number of fused-ring (bicyclic) bond motifs is 1. The summed E-state index contributed by atoms with van der Waals surface area (Å²) < 4.78 is 18.6. The number of carbonyl (C=O) groups is 1. The van der Waals surface area contributed by atoms with Crippen LogP contribution in [0.4, 0.5) is 0 Å². The quantitative estimate of drug-likeness (QED) is 0.317. The van der Waals surface area contributed by atoms with Crippen molar-refractivity contribution in [3.63, 3.8) is 0 Å². The monoisotopic (exact) mass is 554 g/mol. The molecule has 0 amide bonds. The molecule has 0 bridgehead atoms. The lowest BCUT2D eigenvalue weighted by Crippen LogP contribution is -2.39. The normalized spacial score (nSPS) is 15.4. The summed E-state index contributed by atoms with van der Waals surface area (Å²) in [6.45, 7) is 1.87. The molecule has 2 aromatic carbocycles. The van der Waals surface area contributed by atoms with Crippen LogP contribution in [0.2, 0.25) is 10.0 Å². The molecule has 10 heteroatoms. The minimum Gasteiger partial charge on any atom is -0.484 e. The van der Waals surface area contributed by atoms with Crippen LogP contribution < -0.4 is 19.6 Å². The third kappa shape index (κ3) is 4.87. The van der Waals surface area contributed by atoms with Crippen LogP contribution in [0.3, 0.4) is 0 Å². The Labute approximate surface area is 225 Å². The van der Waals surface area contributed by atoms with Crippen LogP contribution in [0.15, 0.2) is 86.1 Å². The zero-order chi connectivity index (χ0) is 26.1. The Morgan fingerprint density at radius 2 is 1.92 bits per heavy atom. The average Bonchev–Trinajstić information content (AvgIpc) is 3.48. The predicted octanol–water partition coefficient (Wildman–Crippen LogP) is 4.89. The van der Waals surface area contributed by atoms with Crippen LogP contribution >= 0.6 is 34.5 Å². The van der Waals surface area contributed by atoms with Gasteiger partial charge in [-0.3, -0.25) is 9.36 Å². The van der Waals surface area contributed by atoms with Crippen LogP contribution in [-0.4, -0.2) is 17.6 Å². The number of ether oxygens (including phenoxy) is 2. The second-order valence-corrected chi connectivity index (χ2v) is 9.92. The number of carbonyl (C=O) groups excluding carboxylic acids is 1. The first kappa shape index (κ1) is 25.1. The van der Waals surface area contributed by atoms with Gasteiger partial charge in [0.15, 0.2) is 4.80 Å². The number of nitrogens with zero attached hydrogens (tertiary/aromatic N) is 2. The van der Waals surface area contributed by atoms with E-state index in [-0.39, 0.29) is 12.2 Å². The minimum atomic E-state index is -0.657. The van der Waals surface area contributed by atoms with Gasteiger partial charge in [0.05, 0.1) is 34.0 Å². The molecule has 4 aromatic rings. The second-order valence-electron chi connectivity index (χ2n) is 8.13. The Morgan fingerprint density at radius 3 is 2.68 bits per heavy atom. The fourth-order valence-corrected chi connectivity index (χ4v) is 5.44. The maximum absolute atomic E-state index is 13.6. The van der Waals surface area contributed by atoms with Crippen LogP contribution in [0, 0.1) is 0 Å². The van der Waals surface area contributed by atoms with Crippen LogP contribution in [0.5, 0.6) is 5.75 Å². The Balaban J connectivity index is 1.50. The maximum atomic E-state index is 13.6. The molecule has 5 rings (SSSR count). The number of hydrogen-bond acceptors (Lipinski definition) is 7. The average molecular weight is 555 g/mol. The van der Waals surface area contributed by atoms with Gasteiger partial charge in [-0.05, 0) is 36.8 Å². The Kier molecular flexibility index (Phi) is 7.06. The Bertz CT molecular complexity index is 1700. The molecule has 0 aliphatic carbocycles. The molecule has 2 aromatic heterocycles. The molecule has 1 aliphatic heterocycles. The number of hydrogen-bond donors (Lipinski definition) is 0. The second kappa shape index (κ2) is 10.4. The highest BCUT2D eigenvalue weighted by atomic mass is 35.5. The molecule has 1 aliphatic rings. The summed E-state index contributed by atoms with van der Waals surface area (Å²) in [5, 5.41) is 0.723. The number of allylic oxidation sites excluding steroid dienone is 1. The van der Waals surface area contributed by atoms with Gasteiger partial charge >= 0.3 is 5.97 Å². The van der Waals surface area contributed by atoms with Gasteiger partial charge in [-0.25, -0.2) is 9.79 Å². The van der Waals surface area contributed by atoms with Gasteiger partial charge in [-0.1, -0.05) is 70.9 Å². The van der Waals surface area contributed by atoms with Crippen molar-refractivity contribution in [2.24, 2.45) is 4.99 Å². The van der Waals surface area contributed by atoms with E-state index >= 15 is 0 Å². The smallest absolute Gasteiger partial charge is 0.338 e. The summed E-state index contributed by atoms with van der Waals surface area (Å²) in [5.74, 6) is 0.931. The van der Waals surface area contributed by atoms with E-state index in [2.05, 4.69) is 4.99 Å². The van der Waals surface area contributed by atoms with Crippen LogP contribution in [0.1, 0.15) is 30.0 Å². The van der Waals surface area contributed by atoms with E-state index in [9.17, 15) is 9.59 Å². The zero-order valence-corrected chi connectivity index (χ0v) is 22.1. The topological polar surface area (TPSA) is 83.0 Å². The lowest BCUT2D eigenvalue weighted by atomic mass is 9.96. The van der Waals surface area contributed by atoms with Crippen molar-refractivity contribution in [3.8, 4) is 5.75 Å². The van der Waals surface area contributed by atoms with E-state index in [1.165, 1.54) is 23.0 Å². The van der Waals surface area contributed by atoms with Crippen molar-refractivity contribution in [2.75, 3.05) is 7.11 Å². The minimum absolute atomic E-state index is 0.130. The van der Waals surface area contributed by atoms with Crippen molar-refractivity contribution in [3.05, 3.63) is 119 Å². The van der Waals surface area contributed by atoms with Gasteiger partial charge in [0, 0.05) is 6.08 Å². The largest absolute Gasteiger partial charge is 0.484 e. The van der Waals surface area contributed by atoms with Crippen molar-refractivity contribution in [1.29, 1.82) is 0 Å². The molecular weight excluding hydrogens is 535 g/mol. The number of methoxy groups -OCH3 is 1. The zero-order valence-electron chi connectivity index (χ0n) is 19.7. The van der Waals surface area contributed by atoms with Gasteiger partial charge in [-0.15, -0.1) is 0 Å². The summed E-state index contributed by atoms with van der Waals surface area (Å²) >= 11 is 13.4. The predicted molar refractivity (Wildman–Crippen MR) is 142 cm³/mol. The molecule has 0 radical (unpaired) electrons. The van der Waals surface area contributed by atoms with Gasteiger partial charge < -0.3 is 13.9 Å². The van der Waals surface area contributed by atoms with Crippen molar-refractivity contribution in [1.82, 2.24) is 4.57 Å². The van der Waals surface area contributed by atoms with E-state index in [0.29, 0.717) is 47.9 Å². The fraction of sp³-hybridized carbons (Fsp3) is 0.148. The third-order valence-electron chi connectivity index (χ3n) is 5.78. The van der Waals surface area contributed by atoms with Gasteiger partial charge in [-0.2, -0.15) is 0 Å². The highest BCUT2D eigenvalue weighted by Gasteiger charge is 2.32.